The lowest BCUT2D eigenvalue weighted by molar-refractivity contribution is -0.175. The van der Waals surface area contributed by atoms with Gasteiger partial charge in [0, 0.05) is 44.7 Å². The van der Waals surface area contributed by atoms with Crippen molar-refractivity contribution >= 4 is 29.2 Å². The Morgan fingerprint density at radius 1 is 0.814 bits per heavy atom. The Bertz CT molecular complexity index is 1220. The third-order valence-electron chi connectivity index (χ3n) is 7.83. The van der Waals surface area contributed by atoms with Crippen LogP contribution in [0, 0.1) is 13.8 Å². The molecule has 0 aliphatic heterocycles. The molecule has 0 heterocycles. The van der Waals surface area contributed by atoms with Crippen LogP contribution in [-0.4, -0.2) is 85.1 Å². The molecular formula is C33H47N3O7. The number of rotatable bonds is 20. The molecule has 0 saturated carbocycles. The number of benzene rings is 2. The summed E-state index contributed by atoms with van der Waals surface area (Å²) in [5, 5.41) is 25.6. The van der Waals surface area contributed by atoms with Crippen LogP contribution in [0.4, 0.5) is 11.4 Å². The summed E-state index contributed by atoms with van der Waals surface area (Å²) in [4.78, 5) is 37.7. The van der Waals surface area contributed by atoms with E-state index in [1.54, 1.807) is 7.05 Å². The highest BCUT2D eigenvalue weighted by Gasteiger charge is 2.37. The third-order valence-corrected chi connectivity index (χ3v) is 7.83. The number of carboxylic acid groups (broad SMARTS) is 2. The number of hydrogen-bond acceptors (Lipinski definition) is 7. The summed E-state index contributed by atoms with van der Waals surface area (Å²) in [7, 11) is 1.60. The molecule has 0 spiro atoms. The summed E-state index contributed by atoms with van der Waals surface area (Å²) in [6.45, 7) is 5.33. The van der Waals surface area contributed by atoms with E-state index in [1.165, 1.54) is 40.0 Å². The van der Waals surface area contributed by atoms with Gasteiger partial charge in [0.15, 0.2) is 12.2 Å². The fraction of sp³-hybridized carbons (Fsp3) is 0.545. The molecule has 0 aromatic heterocycles. The number of amides is 1. The van der Waals surface area contributed by atoms with E-state index in [-0.39, 0.29) is 6.61 Å². The van der Waals surface area contributed by atoms with Crippen LogP contribution < -0.4 is 10.6 Å². The standard InChI is InChI=1S/C33H47N3O7/c1-23-12-14-27(20-24(23)2)34-17-6-8-19-42-30(31(33(40)41)43-22-29(37)38)32(39)36(3)18-7-4-5-16-35-28-15-13-25-10-9-11-26(25)21-28/h12-15,20-21,30-31,34-35H,4-11,16-19,22H2,1-3H3,(H,37,38)(H,40,41). The number of carboxylic acids is 2. The highest BCUT2D eigenvalue weighted by Crippen LogP contribution is 2.25. The second-order valence-electron chi connectivity index (χ2n) is 11.3. The third kappa shape index (κ3) is 11.2. The molecule has 236 valence electrons. The zero-order valence-corrected chi connectivity index (χ0v) is 25.7. The van der Waals surface area contributed by atoms with Gasteiger partial charge in [0.05, 0.1) is 0 Å². The van der Waals surface area contributed by atoms with Crippen LogP contribution in [-0.2, 0) is 36.7 Å². The summed E-state index contributed by atoms with van der Waals surface area (Å²) in [5.41, 5.74) is 7.46. The van der Waals surface area contributed by atoms with E-state index < -0.39 is 36.7 Å². The molecule has 43 heavy (non-hydrogen) atoms. The summed E-state index contributed by atoms with van der Waals surface area (Å²) in [5.74, 6) is -3.30. The van der Waals surface area contributed by atoms with Crippen molar-refractivity contribution in [3.8, 4) is 0 Å². The first-order chi connectivity index (χ1) is 20.7. The highest BCUT2D eigenvalue weighted by molar-refractivity contribution is 5.88. The Kier molecular flexibility index (Phi) is 13.8. The minimum atomic E-state index is -1.73. The largest absolute Gasteiger partial charge is 0.480 e. The van der Waals surface area contributed by atoms with E-state index in [0.717, 1.165) is 50.0 Å². The van der Waals surface area contributed by atoms with Crippen molar-refractivity contribution in [3.63, 3.8) is 0 Å². The number of ether oxygens (including phenoxy) is 2. The van der Waals surface area contributed by atoms with E-state index in [9.17, 15) is 19.5 Å². The van der Waals surface area contributed by atoms with E-state index in [0.29, 0.717) is 19.5 Å². The quantitative estimate of drug-likeness (QED) is 0.161. The molecule has 1 amide bonds. The first-order valence-electron chi connectivity index (χ1n) is 15.2. The Balaban J connectivity index is 1.43. The van der Waals surface area contributed by atoms with Crippen molar-refractivity contribution in [2.45, 2.75) is 77.4 Å². The van der Waals surface area contributed by atoms with Crippen LogP contribution in [0.5, 0.6) is 0 Å². The first-order valence-corrected chi connectivity index (χ1v) is 15.2. The maximum absolute atomic E-state index is 13.3. The van der Waals surface area contributed by atoms with Gasteiger partial charge in [0.1, 0.15) is 6.61 Å². The van der Waals surface area contributed by atoms with Crippen molar-refractivity contribution in [2.24, 2.45) is 0 Å². The number of aryl methyl sites for hydroxylation is 4. The normalized spacial score (nSPS) is 13.7. The average molecular weight is 598 g/mol. The predicted molar refractivity (Wildman–Crippen MR) is 167 cm³/mol. The fourth-order valence-corrected chi connectivity index (χ4v) is 5.15. The van der Waals surface area contributed by atoms with Gasteiger partial charge in [-0.1, -0.05) is 12.1 Å². The summed E-state index contributed by atoms with van der Waals surface area (Å²) in [6.07, 6.45) is 4.21. The van der Waals surface area contributed by atoms with Crippen molar-refractivity contribution in [3.05, 3.63) is 58.7 Å². The minimum absolute atomic E-state index is 0.132. The van der Waals surface area contributed by atoms with Gasteiger partial charge in [-0.25, -0.2) is 9.59 Å². The Labute approximate surface area is 254 Å². The number of carbonyl (C=O) groups is 3. The first kappa shape index (κ1) is 33.9. The number of likely N-dealkylation sites (N-methyl/N-ethyl adjacent to an activating group) is 1. The number of nitrogens with one attached hydrogen (secondary N) is 2. The molecule has 1 aliphatic carbocycles. The number of anilines is 2. The maximum Gasteiger partial charge on any atom is 0.336 e. The molecule has 4 N–H and O–H groups in total. The number of hydrogen-bond donors (Lipinski definition) is 4. The molecule has 0 radical (unpaired) electrons. The lowest BCUT2D eigenvalue weighted by Crippen LogP contribution is -2.50. The minimum Gasteiger partial charge on any atom is -0.480 e. The van der Waals surface area contributed by atoms with Crippen LogP contribution in [0.3, 0.4) is 0 Å². The molecule has 3 rings (SSSR count). The van der Waals surface area contributed by atoms with Gasteiger partial charge >= 0.3 is 11.9 Å². The Morgan fingerprint density at radius 2 is 1.49 bits per heavy atom. The lowest BCUT2D eigenvalue weighted by atomic mass is 10.1. The number of aliphatic carboxylic acids is 2. The highest BCUT2D eigenvalue weighted by atomic mass is 16.6. The van der Waals surface area contributed by atoms with E-state index >= 15 is 0 Å². The van der Waals surface area contributed by atoms with E-state index in [1.807, 2.05) is 6.07 Å². The van der Waals surface area contributed by atoms with Crippen LogP contribution >= 0.6 is 0 Å². The van der Waals surface area contributed by atoms with Crippen LogP contribution in [0.1, 0.15) is 60.8 Å². The van der Waals surface area contributed by atoms with Crippen molar-refractivity contribution in [2.75, 3.05) is 50.5 Å². The average Bonchev–Trinajstić information content (AvgIpc) is 3.44. The molecular weight excluding hydrogens is 550 g/mol. The molecule has 2 atom stereocenters. The fourth-order valence-electron chi connectivity index (χ4n) is 5.15. The molecule has 0 bridgehead atoms. The van der Waals surface area contributed by atoms with E-state index in [4.69, 9.17) is 14.6 Å². The monoisotopic (exact) mass is 597 g/mol. The summed E-state index contributed by atoms with van der Waals surface area (Å²) >= 11 is 0. The molecule has 2 unspecified atom stereocenters. The smallest absolute Gasteiger partial charge is 0.336 e. The molecule has 0 saturated heterocycles. The molecule has 10 nitrogen and oxygen atoms in total. The molecule has 1 aliphatic rings. The second kappa shape index (κ2) is 17.5. The molecule has 0 fully saturated rings. The Morgan fingerprint density at radius 3 is 2.19 bits per heavy atom. The summed E-state index contributed by atoms with van der Waals surface area (Å²) in [6, 6.07) is 12.7. The van der Waals surface area contributed by atoms with Gasteiger partial charge in [0.2, 0.25) is 0 Å². The van der Waals surface area contributed by atoms with Gasteiger partial charge in [-0.2, -0.15) is 0 Å². The van der Waals surface area contributed by atoms with Gasteiger partial charge < -0.3 is 35.2 Å². The zero-order chi connectivity index (χ0) is 31.2. The summed E-state index contributed by atoms with van der Waals surface area (Å²) < 4.78 is 10.9. The number of unbranched alkanes of at least 4 members (excludes halogenated alkanes) is 3. The van der Waals surface area contributed by atoms with Gasteiger partial charge in [-0.15, -0.1) is 0 Å². The molecule has 2 aromatic carbocycles. The predicted octanol–water partition coefficient (Wildman–Crippen LogP) is 4.66. The van der Waals surface area contributed by atoms with Crippen molar-refractivity contribution in [1.82, 2.24) is 4.90 Å². The van der Waals surface area contributed by atoms with Gasteiger partial charge in [0.25, 0.3) is 5.91 Å². The van der Waals surface area contributed by atoms with Crippen LogP contribution in [0.2, 0.25) is 0 Å². The SMILES string of the molecule is Cc1ccc(NCCCCOC(C(=O)N(C)CCCCCNc2ccc3c(c2)CCC3)C(OCC(=O)O)C(=O)O)cc1C. The Hall–Kier alpha value is -3.63. The van der Waals surface area contributed by atoms with E-state index in [2.05, 4.69) is 54.8 Å². The maximum atomic E-state index is 13.3. The lowest BCUT2D eigenvalue weighted by Gasteiger charge is -2.27. The van der Waals surface area contributed by atoms with Gasteiger partial charge in [-0.3, -0.25) is 4.79 Å². The van der Waals surface area contributed by atoms with Gasteiger partial charge in [-0.05, 0) is 112 Å². The zero-order valence-electron chi connectivity index (χ0n) is 25.7. The number of nitrogens with zero attached hydrogens (tertiary/aromatic N) is 1. The molecule has 10 heteroatoms. The van der Waals surface area contributed by atoms with Crippen molar-refractivity contribution < 1.29 is 34.1 Å². The van der Waals surface area contributed by atoms with Crippen LogP contribution in [0.25, 0.3) is 0 Å². The van der Waals surface area contributed by atoms with Crippen molar-refractivity contribution in [1.29, 1.82) is 0 Å². The number of carbonyl (C=O) groups excluding carboxylic acids is 1. The molecule has 2 aromatic rings. The number of fused-ring (bicyclic) bond motifs is 1. The topological polar surface area (TPSA) is 137 Å². The van der Waals surface area contributed by atoms with Crippen LogP contribution in [0.15, 0.2) is 36.4 Å². The second-order valence-corrected chi connectivity index (χ2v) is 11.3.